The third-order valence-corrected chi connectivity index (χ3v) is 2.03. The number of benzene rings is 1. The van der Waals surface area contributed by atoms with Gasteiger partial charge in [0.2, 0.25) is 5.91 Å². The highest BCUT2D eigenvalue weighted by Crippen LogP contribution is 2.13. The van der Waals surface area contributed by atoms with E-state index in [1.807, 2.05) is 0 Å². The molecule has 0 radical (unpaired) electrons. The number of hydrogen-bond donors (Lipinski definition) is 2. The SMILES string of the molecule is NC(=O)CC=Cc1cc(CC(=O)O)ccc1F. The van der Waals surface area contributed by atoms with Crippen molar-refractivity contribution < 1.29 is 19.1 Å². The Morgan fingerprint density at radius 1 is 1.41 bits per heavy atom. The van der Waals surface area contributed by atoms with Gasteiger partial charge in [0.1, 0.15) is 5.82 Å². The fourth-order valence-electron chi connectivity index (χ4n) is 1.31. The van der Waals surface area contributed by atoms with Crippen LogP contribution in [0.2, 0.25) is 0 Å². The lowest BCUT2D eigenvalue weighted by molar-refractivity contribution is -0.136. The van der Waals surface area contributed by atoms with E-state index in [0.717, 1.165) is 0 Å². The van der Waals surface area contributed by atoms with Gasteiger partial charge >= 0.3 is 5.97 Å². The predicted molar refractivity (Wildman–Crippen MR) is 60.6 cm³/mol. The molecule has 0 heterocycles. The molecule has 0 saturated heterocycles. The third-order valence-electron chi connectivity index (χ3n) is 2.03. The number of carboxylic acid groups (broad SMARTS) is 1. The molecule has 0 unspecified atom stereocenters. The van der Waals surface area contributed by atoms with Crippen molar-refractivity contribution >= 4 is 18.0 Å². The van der Waals surface area contributed by atoms with Crippen LogP contribution in [0.25, 0.3) is 6.08 Å². The second-order valence-corrected chi connectivity index (χ2v) is 3.50. The Bertz CT molecular complexity index is 469. The van der Waals surface area contributed by atoms with Crippen LogP contribution in [0.5, 0.6) is 0 Å². The fourth-order valence-corrected chi connectivity index (χ4v) is 1.31. The molecule has 0 saturated carbocycles. The van der Waals surface area contributed by atoms with Crippen LogP contribution in [0.4, 0.5) is 4.39 Å². The first kappa shape index (κ1) is 12.9. The Morgan fingerprint density at radius 3 is 2.71 bits per heavy atom. The summed E-state index contributed by atoms with van der Waals surface area (Å²) in [7, 11) is 0. The molecule has 1 aromatic rings. The zero-order valence-corrected chi connectivity index (χ0v) is 9.02. The summed E-state index contributed by atoms with van der Waals surface area (Å²) in [5.41, 5.74) is 5.67. The van der Waals surface area contributed by atoms with E-state index < -0.39 is 17.7 Å². The molecule has 0 aliphatic heterocycles. The number of carbonyl (C=O) groups excluding carboxylic acids is 1. The number of carboxylic acids is 1. The van der Waals surface area contributed by atoms with Gasteiger partial charge in [-0.25, -0.2) is 4.39 Å². The number of aliphatic carboxylic acids is 1. The number of rotatable bonds is 5. The maximum Gasteiger partial charge on any atom is 0.307 e. The number of amides is 1. The number of halogens is 1. The monoisotopic (exact) mass is 237 g/mol. The van der Waals surface area contributed by atoms with Crippen molar-refractivity contribution in [2.45, 2.75) is 12.8 Å². The molecule has 0 atom stereocenters. The van der Waals surface area contributed by atoms with Crippen LogP contribution in [-0.4, -0.2) is 17.0 Å². The van der Waals surface area contributed by atoms with Crippen molar-refractivity contribution in [1.29, 1.82) is 0 Å². The molecule has 0 aliphatic carbocycles. The van der Waals surface area contributed by atoms with E-state index in [9.17, 15) is 14.0 Å². The Hall–Kier alpha value is -2.17. The number of primary amides is 1. The number of nitrogens with two attached hydrogens (primary N) is 1. The summed E-state index contributed by atoms with van der Waals surface area (Å²) >= 11 is 0. The topological polar surface area (TPSA) is 80.4 Å². The van der Waals surface area contributed by atoms with Gasteiger partial charge in [0.15, 0.2) is 0 Å². The normalized spacial score (nSPS) is 10.6. The van der Waals surface area contributed by atoms with Gasteiger partial charge in [0.25, 0.3) is 0 Å². The van der Waals surface area contributed by atoms with Crippen LogP contribution < -0.4 is 5.73 Å². The quantitative estimate of drug-likeness (QED) is 0.810. The Morgan fingerprint density at radius 2 is 2.12 bits per heavy atom. The van der Waals surface area contributed by atoms with E-state index in [1.54, 1.807) is 0 Å². The average molecular weight is 237 g/mol. The second kappa shape index (κ2) is 5.79. The summed E-state index contributed by atoms with van der Waals surface area (Å²) in [4.78, 5) is 21.0. The van der Waals surface area contributed by atoms with Crippen LogP contribution >= 0.6 is 0 Å². The molecular formula is C12H12FNO3. The van der Waals surface area contributed by atoms with Crippen molar-refractivity contribution in [2.75, 3.05) is 0 Å². The molecule has 4 nitrogen and oxygen atoms in total. The Balaban J connectivity index is 2.86. The minimum atomic E-state index is -0.983. The minimum absolute atomic E-state index is 0.0165. The number of carbonyl (C=O) groups is 2. The molecule has 0 aliphatic rings. The number of hydrogen-bond acceptors (Lipinski definition) is 2. The van der Waals surface area contributed by atoms with Gasteiger partial charge in [-0.05, 0) is 17.7 Å². The van der Waals surface area contributed by atoms with Gasteiger partial charge in [-0.2, -0.15) is 0 Å². The van der Waals surface area contributed by atoms with E-state index in [0.29, 0.717) is 5.56 Å². The smallest absolute Gasteiger partial charge is 0.307 e. The second-order valence-electron chi connectivity index (χ2n) is 3.50. The van der Waals surface area contributed by atoms with Gasteiger partial charge in [-0.15, -0.1) is 0 Å². The highest BCUT2D eigenvalue weighted by molar-refractivity contribution is 5.76. The molecule has 17 heavy (non-hydrogen) atoms. The molecule has 0 aromatic heterocycles. The van der Waals surface area contributed by atoms with Crippen LogP contribution in [0.15, 0.2) is 24.3 Å². The van der Waals surface area contributed by atoms with E-state index in [1.165, 1.54) is 30.4 Å². The van der Waals surface area contributed by atoms with Gasteiger partial charge in [-0.3, -0.25) is 9.59 Å². The molecule has 90 valence electrons. The summed E-state index contributed by atoms with van der Waals surface area (Å²) in [5, 5.41) is 8.60. The first-order chi connectivity index (χ1) is 7.99. The van der Waals surface area contributed by atoms with E-state index in [2.05, 4.69) is 0 Å². The molecule has 0 bridgehead atoms. The van der Waals surface area contributed by atoms with E-state index in [-0.39, 0.29) is 18.4 Å². The summed E-state index contributed by atoms with van der Waals surface area (Å²) < 4.78 is 13.3. The molecule has 1 amide bonds. The van der Waals surface area contributed by atoms with Crippen LogP contribution in [0.1, 0.15) is 17.5 Å². The molecule has 1 rings (SSSR count). The molecule has 1 aromatic carbocycles. The van der Waals surface area contributed by atoms with Crippen molar-refractivity contribution in [3.63, 3.8) is 0 Å². The largest absolute Gasteiger partial charge is 0.481 e. The Kier molecular flexibility index (Phi) is 4.39. The summed E-state index contributed by atoms with van der Waals surface area (Å²) in [6, 6.07) is 4.04. The maximum atomic E-state index is 13.3. The van der Waals surface area contributed by atoms with Crippen LogP contribution in [0.3, 0.4) is 0 Å². The first-order valence-corrected chi connectivity index (χ1v) is 4.94. The lowest BCUT2D eigenvalue weighted by Gasteiger charge is -2.01. The molecular weight excluding hydrogens is 225 g/mol. The summed E-state index contributed by atoms with van der Waals surface area (Å²) in [6.07, 6.45) is 2.69. The van der Waals surface area contributed by atoms with Gasteiger partial charge in [-0.1, -0.05) is 18.2 Å². The Labute approximate surface area is 97.6 Å². The first-order valence-electron chi connectivity index (χ1n) is 4.94. The summed E-state index contributed by atoms with van der Waals surface area (Å²) in [5.74, 6) is -1.97. The highest BCUT2D eigenvalue weighted by atomic mass is 19.1. The van der Waals surface area contributed by atoms with E-state index >= 15 is 0 Å². The van der Waals surface area contributed by atoms with Crippen molar-refractivity contribution in [3.8, 4) is 0 Å². The zero-order valence-electron chi connectivity index (χ0n) is 9.02. The van der Waals surface area contributed by atoms with Crippen molar-refractivity contribution in [3.05, 3.63) is 41.2 Å². The standard InChI is InChI=1S/C12H12FNO3/c13-10-5-4-8(7-12(16)17)6-9(10)2-1-3-11(14)15/h1-2,4-6H,3,7H2,(H2,14,15)(H,16,17). The average Bonchev–Trinajstić information content (AvgIpc) is 2.21. The molecule has 5 heteroatoms. The van der Waals surface area contributed by atoms with Crippen LogP contribution in [-0.2, 0) is 16.0 Å². The highest BCUT2D eigenvalue weighted by Gasteiger charge is 2.04. The minimum Gasteiger partial charge on any atom is -0.481 e. The molecule has 0 fully saturated rings. The lowest BCUT2D eigenvalue weighted by atomic mass is 10.1. The summed E-state index contributed by atoms with van der Waals surface area (Å²) in [6.45, 7) is 0. The molecule has 0 spiro atoms. The lowest BCUT2D eigenvalue weighted by Crippen LogP contribution is -2.07. The van der Waals surface area contributed by atoms with E-state index in [4.69, 9.17) is 10.8 Å². The third kappa shape index (κ3) is 4.46. The van der Waals surface area contributed by atoms with Gasteiger partial charge < -0.3 is 10.8 Å². The van der Waals surface area contributed by atoms with Gasteiger partial charge in [0, 0.05) is 12.0 Å². The maximum absolute atomic E-state index is 13.3. The predicted octanol–water partition coefficient (Wildman–Crippen LogP) is 1.34. The molecule has 3 N–H and O–H groups in total. The van der Waals surface area contributed by atoms with Gasteiger partial charge in [0.05, 0.1) is 6.42 Å². The zero-order chi connectivity index (χ0) is 12.8. The fraction of sp³-hybridized carbons (Fsp3) is 0.167. The van der Waals surface area contributed by atoms with Crippen molar-refractivity contribution in [2.24, 2.45) is 5.73 Å². The van der Waals surface area contributed by atoms with Crippen molar-refractivity contribution in [1.82, 2.24) is 0 Å². The van der Waals surface area contributed by atoms with Crippen LogP contribution in [0, 0.1) is 5.82 Å².